The monoisotopic (exact) mass is 349 g/mol. The Morgan fingerprint density at radius 3 is 2.58 bits per heavy atom. The summed E-state index contributed by atoms with van der Waals surface area (Å²) in [5.41, 5.74) is 1.80. The van der Waals surface area contributed by atoms with E-state index >= 15 is 0 Å². The third kappa shape index (κ3) is 4.60. The topological polar surface area (TPSA) is 57.1 Å². The molecule has 0 N–H and O–H groups in total. The van der Waals surface area contributed by atoms with Crippen LogP contribution in [0, 0.1) is 0 Å². The Morgan fingerprint density at radius 1 is 1.00 bits per heavy atom. The molecule has 0 atom stereocenters. The van der Waals surface area contributed by atoms with Crippen molar-refractivity contribution in [2.75, 3.05) is 13.7 Å². The van der Waals surface area contributed by atoms with Crippen molar-refractivity contribution in [2.24, 2.45) is 5.16 Å². The molecule has 0 fully saturated rings. The fourth-order valence-electron chi connectivity index (χ4n) is 2.50. The smallest absolute Gasteiger partial charge is 0.347 e. The number of methoxy groups -OCH3 is 1. The number of hydrogen-bond donors (Lipinski definition) is 0. The molecule has 5 nitrogen and oxygen atoms in total. The van der Waals surface area contributed by atoms with Gasteiger partial charge in [0.05, 0.1) is 13.3 Å². The molecule has 0 saturated heterocycles. The number of benzene rings is 3. The van der Waals surface area contributed by atoms with E-state index in [1.54, 1.807) is 7.11 Å². The first-order valence-electron chi connectivity index (χ1n) is 8.18. The molecule has 3 aromatic carbocycles. The molecule has 0 aromatic heterocycles. The summed E-state index contributed by atoms with van der Waals surface area (Å²) in [5.74, 6) is 0.296. The first-order valence-corrected chi connectivity index (χ1v) is 8.18. The molecular weight excluding hydrogens is 330 g/mol. The molecule has 3 aromatic rings. The van der Waals surface area contributed by atoms with Crippen LogP contribution in [0.3, 0.4) is 0 Å². The molecule has 3 rings (SSSR count). The van der Waals surface area contributed by atoms with Crippen molar-refractivity contribution < 1.29 is 19.1 Å². The zero-order valence-corrected chi connectivity index (χ0v) is 14.4. The molecule has 5 heteroatoms. The highest BCUT2D eigenvalue weighted by Crippen LogP contribution is 2.19. The van der Waals surface area contributed by atoms with Gasteiger partial charge in [-0.05, 0) is 46.2 Å². The van der Waals surface area contributed by atoms with E-state index in [4.69, 9.17) is 14.3 Å². The van der Waals surface area contributed by atoms with Gasteiger partial charge in [0.1, 0.15) is 12.4 Å². The Kier molecular flexibility index (Phi) is 5.83. The third-order valence-corrected chi connectivity index (χ3v) is 3.84. The predicted octanol–water partition coefficient (Wildman–Crippen LogP) is 3.94. The van der Waals surface area contributed by atoms with Crippen LogP contribution >= 0.6 is 0 Å². The summed E-state index contributed by atoms with van der Waals surface area (Å²) in [6.45, 7) is -0.0385. The van der Waals surface area contributed by atoms with Crippen LogP contribution in [0.25, 0.3) is 10.8 Å². The van der Waals surface area contributed by atoms with Gasteiger partial charge in [-0.3, -0.25) is 0 Å². The van der Waals surface area contributed by atoms with E-state index in [-0.39, 0.29) is 13.2 Å². The van der Waals surface area contributed by atoms with E-state index in [0.29, 0.717) is 0 Å². The van der Waals surface area contributed by atoms with Crippen molar-refractivity contribution in [3.8, 4) is 5.75 Å². The van der Waals surface area contributed by atoms with Crippen LogP contribution < -0.4 is 4.74 Å². The minimum Gasteiger partial charge on any atom is -0.497 e. The number of carbonyl (C=O) groups is 1. The van der Waals surface area contributed by atoms with E-state index in [1.165, 1.54) is 6.21 Å². The quantitative estimate of drug-likeness (QED) is 0.368. The van der Waals surface area contributed by atoms with Gasteiger partial charge in [-0.2, -0.15) is 0 Å². The molecule has 0 aliphatic rings. The fourth-order valence-corrected chi connectivity index (χ4v) is 2.50. The zero-order valence-electron chi connectivity index (χ0n) is 14.4. The highest BCUT2D eigenvalue weighted by Gasteiger charge is 2.06. The number of carbonyl (C=O) groups excluding carboxylic acids is 1. The van der Waals surface area contributed by atoms with Crippen LogP contribution in [0.5, 0.6) is 5.75 Å². The lowest BCUT2D eigenvalue weighted by Crippen LogP contribution is -2.11. The molecule has 0 amide bonds. The summed E-state index contributed by atoms with van der Waals surface area (Å²) in [4.78, 5) is 16.8. The lowest BCUT2D eigenvalue weighted by atomic mass is 10.1. The van der Waals surface area contributed by atoms with Gasteiger partial charge in [0.15, 0.2) is 0 Å². The molecule has 26 heavy (non-hydrogen) atoms. The number of hydrogen-bond acceptors (Lipinski definition) is 5. The number of rotatable bonds is 7. The van der Waals surface area contributed by atoms with Gasteiger partial charge in [0.2, 0.25) is 6.61 Å². The normalized spacial score (nSPS) is 10.8. The average molecular weight is 349 g/mol. The molecule has 0 radical (unpaired) electrons. The van der Waals surface area contributed by atoms with Crippen LogP contribution in [-0.4, -0.2) is 25.9 Å². The lowest BCUT2D eigenvalue weighted by Gasteiger charge is -2.07. The van der Waals surface area contributed by atoms with E-state index in [0.717, 1.165) is 27.6 Å². The maximum Gasteiger partial charge on any atom is 0.347 e. The molecule has 132 valence electrons. The Labute approximate surface area is 151 Å². The van der Waals surface area contributed by atoms with E-state index in [9.17, 15) is 4.79 Å². The van der Waals surface area contributed by atoms with Crippen molar-refractivity contribution in [3.05, 3.63) is 77.9 Å². The van der Waals surface area contributed by atoms with Crippen molar-refractivity contribution in [3.63, 3.8) is 0 Å². The number of ether oxygens (including phenoxy) is 2. The van der Waals surface area contributed by atoms with Crippen LogP contribution in [0.2, 0.25) is 0 Å². The lowest BCUT2D eigenvalue weighted by molar-refractivity contribution is -0.150. The van der Waals surface area contributed by atoms with Gasteiger partial charge in [0.25, 0.3) is 0 Å². The number of fused-ring (bicyclic) bond motifs is 1. The van der Waals surface area contributed by atoms with E-state index < -0.39 is 5.97 Å². The first-order chi connectivity index (χ1) is 12.8. The summed E-state index contributed by atoms with van der Waals surface area (Å²) < 4.78 is 10.3. The Balaban J connectivity index is 1.47. The van der Waals surface area contributed by atoms with Crippen molar-refractivity contribution in [1.29, 1.82) is 0 Å². The first kappa shape index (κ1) is 17.5. The fraction of sp³-hybridized carbons (Fsp3) is 0.143. The second kappa shape index (κ2) is 8.67. The van der Waals surface area contributed by atoms with Crippen LogP contribution in [0.15, 0.2) is 71.9 Å². The van der Waals surface area contributed by atoms with Crippen molar-refractivity contribution in [1.82, 2.24) is 0 Å². The standard InChI is InChI=1S/C21H19NO4/c1-24-19-11-9-16(10-12-19)13-22-26-15-21(23)25-14-18-7-4-6-17-5-2-3-8-20(17)18/h2-13H,14-15H2,1H3/b22-13+. The Bertz CT molecular complexity index is 898. The molecule has 0 aliphatic carbocycles. The SMILES string of the molecule is COc1ccc(/C=N/OCC(=O)OCc2cccc3ccccc23)cc1. The molecule has 0 bridgehead atoms. The molecule has 0 aliphatic heterocycles. The molecule has 0 heterocycles. The second-order valence-electron chi connectivity index (χ2n) is 5.58. The van der Waals surface area contributed by atoms with Crippen molar-refractivity contribution >= 4 is 23.0 Å². The van der Waals surface area contributed by atoms with E-state index in [1.807, 2.05) is 66.7 Å². The molecule has 0 unspecified atom stereocenters. The van der Waals surface area contributed by atoms with E-state index in [2.05, 4.69) is 5.16 Å². The van der Waals surface area contributed by atoms with Gasteiger partial charge in [-0.15, -0.1) is 0 Å². The van der Waals surface area contributed by atoms with Gasteiger partial charge in [-0.1, -0.05) is 47.6 Å². The Morgan fingerprint density at radius 2 is 1.77 bits per heavy atom. The Hall–Kier alpha value is -3.34. The molecule has 0 saturated carbocycles. The van der Waals surface area contributed by atoms with Gasteiger partial charge in [0, 0.05) is 0 Å². The number of nitrogens with zero attached hydrogens (tertiary/aromatic N) is 1. The summed E-state index contributed by atoms with van der Waals surface area (Å²) >= 11 is 0. The van der Waals surface area contributed by atoms with Crippen LogP contribution in [-0.2, 0) is 21.0 Å². The second-order valence-corrected chi connectivity index (χ2v) is 5.58. The number of oxime groups is 1. The van der Waals surface area contributed by atoms with Crippen molar-refractivity contribution in [2.45, 2.75) is 6.61 Å². The van der Waals surface area contributed by atoms with Gasteiger partial charge >= 0.3 is 5.97 Å². The highest BCUT2D eigenvalue weighted by molar-refractivity contribution is 5.85. The van der Waals surface area contributed by atoms with Gasteiger partial charge < -0.3 is 14.3 Å². The maximum atomic E-state index is 11.8. The average Bonchev–Trinajstić information content (AvgIpc) is 2.70. The zero-order chi connectivity index (χ0) is 18.2. The summed E-state index contributed by atoms with van der Waals surface area (Å²) in [6.07, 6.45) is 1.53. The molecular formula is C21H19NO4. The number of esters is 1. The predicted molar refractivity (Wildman–Crippen MR) is 100 cm³/mol. The maximum absolute atomic E-state index is 11.8. The summed E-state index contributed by atoms with van der Waals surface area (Å²) in [7, 11) is 1.61. The van der Waals surface area contributed by atoms with Crippen LogP contribution in [0.4, 0.5) is 0 Å². The van der Waals surface area contributed by atoms with Gasteiger partial charge in [-0.25, -0.2) is 4.79 Å². The highest BCUT2D eigenvalue weighted by atomic mass is 16.6. The minimum atomic E-state index is -0.468. The summed E-state index contributed by atoms with van der Waals surface area (Å²) in [5, 5.41) is 5.96. The minimum absolute atomic E-state index is 0.200. The van der Waals surface area contributed by atoms with Crippen LogP contribution in [0.1, 0.15) is 11.1 Å². The largest absolute Gasteiger partial charge is 0.497 e. The molecule has 0 spiro atoms. The third-order valence-electron chi connectivity index (χ3n) is 3.84. The summed E-state index contributed by atoms with van der Waals surface area (Å²) in [6, 6.07) is 21.2.